The van der Waals surface area contributed by atoms with Gasteiger partial charge in [-0.05, 0) is 6.07 Å². The minimum absolute atomic E-state index is 0.384. The zero-order chi connectivity index (χ0) is 10.9. The summed E-state index contributed by atoms with van der Waals surface area (Å²) in [6.45, 7) is 0. The number of nitrogens with one attached hydrogen (secondary N) is 1. The summed E-state index contributed by atoms with van der Waals surface area (Å²) in [7, 11) is 0. The molecule has 5 nitrogen and oxygen atoms in total. The van der Waals surface area contributed by atoms with E-state index in [4.69, 9.17) is 11.5 Å². The molecule has 1 aromatic rings. The second-order valence-electron chi connectivity index (χ2n) is 2.55. The van der Waals surface area contributed by atoms with E-state index in [-0.39, 0.29) is 5.69 Å². The van der Waals surface area contributed by atoms with Crippen LogP contribution in [0.25, 0.3) is 0 Å². The largest absolute Gasteiger partial charge is 0.394 e. The first-order chi connectivity index (χ1) is 6.43. The van der Waals surface area contributed by atoms with Crippen LogP contribution in [0.3, 0.4) is 0 Å². The van der Waals surface area contributed by atoms with Crippen LogP contribution >= 0.6 is 0 Å². The van der Waals surface area contributed by atoms with Gasteiger partial charge in [0.2, 0.25) is 0 Å². The van der Waals surface area contributed by atoms with E-state index >= 15 is 0 Å². The van der Waals surface area contributed by atoms with Crippen LogP contribution in [0.2, 0.25) is 0 Å². The lowest BCUT2D eigenvalue weighted by molar-refractivity contribution is 0.0980. The van der Waals surface area contributed by atoms with E-state index in [1.807, 2.05) is 4.98 Å². The molecule has 0 aliphatic carbocycles. The highest BCUT2D eigenvalue weighted by molar-refractivity contribution is 5.92. The minimum atomic E-state index is -2.92. The number of carbonyl (C=O) groups is 1. The maximum absolute atomic E-state index is 12.3. The van der Waals surface area contributed by atoms with Crippen molar-refractivity contribution in [2.45, 2.75) is 6.43 Å². The van der Waals surface area contributed by atoms with Crippen molar-refractivity contribution in [1.82, 2.24) is 4.98 Å². The molecule has 0 aliphatic heterocycles. The van der Waals surface area contributed by atoms with Crippen molar-refractivity contribution < 1.29 is 13.6 Å². The SMILES string of the molecule is NC(=O)c1[nH]c(=O)c(N)cc1C(F)F. The van der Waals surface area contributed by atoms with Crippen LogP contribution in [-0.2, 0) is 0 Å². The zero-order valence-corrected chi connectivity index (χ0v) is 6.88. The molecule has 5 N–H and O–H groups in total. The van der Waals surface area contributed by atoms with Gasteiger partial charge in [-0.25, -0.2) is 8.78 Å². The smallest absolute Gasteiger partial charge is 0.271 e. The van der Waals surface area contributed by atoms with Gasteiger partial charge in [-0.1, -0.05) is 0 Å². The molecule has 0 unspecified atom stereocenters. The van der Waals surface area contributed by atoms with E-state index in [2.05, 4.69) is 0 Å². The summed E-state index contributed by atoms with van der Waals surface area (Å²) in [5.41, 5.74) is 7.40. The monoisotopic (exact) mass is 203 g/mol. The predicted octanol–water partition coefficient (Wildman–Crippen LogP) is -0.00640. The number of aromatic amines is 1. The van der Waals surface area contributed by atoms with Crippen molar-refractivity contribution >= 4 is 11.6 Å². The van der Waals surface area contributed by atoms with Crippen LogP contribution in [0.1, 0.15) is 22.5 Å². The lowest BCUT2D eigenvalue weighted by Gasteiger charge is -2.05. The van der Waals surface area contributed by atoms with E-state index in [0.29, 0.717) is 0 Å². The molecular weight excluding hydrogens is 196 g/mol. The number of halogens is 2. The van der Waals surface area contributed by atoms with Gasteiger partial charge in [-0.15, -0.1) is 0 Å². The molecule has 0 saturated heterocycles. The molecule has 1 heterocycles. The van der Waals surface area contributed by atoms with Gasteiger partial charge in [0.05, 0.1) is 5.69 Å². The summed E-state index contributed by atoms with van der Waals surface area (Å²) in [6, 6.07) is 0.740. The second-order valence-corrected chi connectivity index (χ2v) is 2.55. The van der Waals surface area contributed by atoms with Gasteiger partial charge >= 0.3 is 0 Å². The topological polar surface area (TPSA) is 102 Å². The number of nitrogens with two attached hydrogens (primary N) is 2. The fourth-order valence-electron chi connectivity index (χ4n) is 0.939. The molecule has 0 saturated carbocycles. The summed E-state index contributed by atoms with van der Waals surface area (Å²) < 4.78 is 24.6. The number of pyridine rings is 1. The van der Waals surface area contributed by atoms with Gasteiger partial charge < -0.3 is 16.5 Å². The molecule has 0 spiro atoms. The average molecular weight is 203 g/mol. The van der Waals surface area contributed by atoms with Crippen LogP contribution in [0, 0.1) is 0 Å². The first kappa shape index (κ1) is 10.2. The number of aromatic nitrogens is 1. The Kier molecular flexibility index (Phi) is 2.50. The normalized spacial score (nSPS) is 10.5. The third kappa shape index (κ3) is 1.70. The van der Waals surface area contributed by atoms with Gasteiger partial charge in [-0.3, -0.25) is 9.59 Å². The fraction of sp³-hybridized carbons (Fsp3) is 0.143. The second kappa shape index (κ2) is 3.44. The Morgan fingerprint density at radius 3 is 2.50 bits per heavy atom. The molecule has 0 aliphatic rings. The predicted molar refractivity (Wildman–Crippen MR) is 44.9 cm³/mol. The van der Waals surface area contributed by atoms with Crippen molar-refractivity contribution in [3.05, 3.63) is 27.7 Å². The Labute approximate surface area is 76.7 Å². The molecule has 1 amide bonds. The van der Waals surface area contributed by atoms with E-state index in [9.17, 15) is 18.4 Å². The molecule has 0 bridgehead atoms. The first-order valence-electron chi connectivity index (χ1n) is 3.54. The zero-order valence-electron chi connectivity index (χ0n) is 6.88. The summed E-state index contributed by atoms with van der Waals surface area (Å²) in [6.07, 6.45) is -2.92. The van der Waals surface area contributed by atoms with E-state index in [1.54, 1.807) is 0 Å². The van der Waals surface area contributed by atoms with E-state index in [0.717, 1.165) is 6.07 Å². The molecule has 0 fully saturated rings. The molecular formula is C7H7F2N3O2. The first-order valence-corrected chi connectivity index (χ1v) is 3.54. The summed E-state index contributed by atoms with van der Waals surface area (Å²) in [5.74, 6) is -1.13. The summed E-state index contributed by atoms with van der Waals surface area (Å²) in [5, 5.41) is 0. The third-order valence-electron chi connectivity index (χ3n) is 1.58. The van der Waals surface area contributed by atoms with Crippen LogP contribution in [-0.4, -0.2) is 10.9 Å². The van der Waals surface area contributed by atoms with E-state index in [1.165, 1.54) is 0 Å². The number of amides is 1. The molecule has 1 rings (SSSR count). The van der Waals surface area contributed by atoms with Gasteiger partial charge in [0, 0.05) is 5.56 Å². The number of nitrogen functional groups attached to an aromatic ring is 1. The van der Waals surface area contributed by atoms with Crippen LogP contribution in [0.5, 0.6) is 0 Å². The van der Waals surface area contributed by atoms with Crippen molar-refractivity contribution in [2.24, 2.45) is 5.73 Å². The van der Waals surface area contributed by atoms with Crippen LogP contribution < -0.4 is 17.0 Å². The Morgan fingerprint density at radius 2 is 2.07 bits per heavy atom. The van der Waals surface area contributed by atoms with Crippen molar-refractivity contribution in [2.75, 3.05) is 5.73 Å². The third-order valence-corrected chi connectivity index (χ3v) is 1.58. The Balaban J connectivity index is 3.47. The number of carbonyl (C=O) groups excluding carboxylic acids is 1. The van der Waals surface area contributed by atoms with Gasteiger partial charge in [0.1, 0.15) is 5.69 Å². The van der Waals surface area contributed by atoms with Crippen molar-refractivity contribution in [3.63, 3.8) is 0 Å². The number of hydrogen-bond donors (Lipinski definition) is 3. The Bertz CT molecular complexity index is 427. The molecule has 76 valence electrons. The molecule has 14 heavy (non-hydrogen) atoms. The van der Waals surface area contributed by atoms with Crippen LogP contribution in [0.15, 0.2) is 10.9 Å². The molecule has 0 radical (unpaired) electrons. The lowest BCUT2D eigenvalue weighted by atomic mass is 10.2. The molecule has 1 aromatic heterocycles. The Hall–Kier alpha value is -1.92. The quantitative estimate of drug-likeness (QED) is 0.630. The summed E-state index contributed by atoms with van der Waals surface area (Å²) >= 11 is 0. The molecule has 7 heteroatoms. The number of H-pyrrole nitrogens is 1. The van der Waals surface area contributed by atoms with Crippen molar-refractivity contribution in [1.29, 1.82) is 0 Å². The number of anilines is 1. The maximum atomic E-state index is 12.3. The summed E-state index contributed by atoms with van der Waals surface area (Å²) in [4.78, 5) is 23.4. The number of alkyl halides is 2. The van der Waals surface area contributed by atoms with Gasteiger partial charge in [0.25, 0.3) is 17.9 Å². The maximum Gasteiger partial charge on any atom is 0.271 e. The lowest BCUT2D eigenvalue weighted by Crippen LogP contribution is -2.23. The highest BCUT2D eigenvalue weighted by atomic mass is 19.3. The number of rotatable bonds is 2. The van der Waals surface area contributed by atoms with Gasteiger partial charge in [0.15, 0.2) is 0 Å². The van der Waals surface area contributed by atoms with Crippen molar-refractivity contribution in [3.8, 4) is 0 Å². The highest BCUT2D eigenvalue weighted by Gasteiger charge is 2.18. The minimum Gasteiger partial charge on any atom is -0.394 e. The Morgan fingerprint density at radius 1 is 1.50 bits per heavy atom. The van der Waals surface area contributed by atoms with Crippen LogP contribution in [0.4, 0.5) is 14.5 Å². The molecule has 0 atom stereocenters. The number of primary amides is 1. The highest BCUT2D eigenvalue weighted by Crippen LogP contribution is 2.21. The average Bonchev–Trinajstić information content (AvgIpc) is 2.08. The van der Waals surface area contributed by atoms with E-state index < -0.39 is 29.1 Å². The molecule has 0 aromatic carbocycles. The van der Waals surface area contributed by atoms with Gasteiger partial charge in [-0.2, -0.15) is 0 Å². The standard InChI is InChI=1S/C7H7F2N3O2/c8-5(9)2-1-3(10)7(14)12-4(2)6(11)13/h1,5H,10H2,(H2,11,13)(H,12,14). The fourth-order valence-corrected chi connectivity index (χ4v) is 0.939. The number of hydrogen-bond acceptors (Lipinski definition) is 3.